The Balaban J connectivity index is 1.97. The second-order valence-corrected chi connectivity index (χ2v) is 7.40. The lowest BCUT2D eigenvalue weighted by Crippen LogP contribution is -2.39. The molecule has 0 atom stereocenters. The Morgan fingerprint density at radius 2 is 2.07 bits per heavy atom. The Bertz CT molecular complexity index is 1050. The number of fused-ring (bicyclic) bond motifs is 1. The number of amides is 1. The maximum absolute atomic E-state index is 12.4. The molecule has 0 unspecified atom stereocenters. The highest BCUT2D eigenvalue weighted by Gasteiger charge is 2.21. The van der Waals surface area contributed by atoms with Gasteiger partial charge in [0.15, 0.2) is 0 Å². The number of hydrogen-bond acceptors (Lipinski definition) is 4. The molecular weight excluding hydrogens is 344 g/mol. The lowest BCUT2D eigenvalue weighted by Gasteiger charge is -2.29. The number of nitrogens with zero attached hydrogens (tertiary/aromatic N) is 2. The Kier molecular flexibility index (Phi) is 4.80. The number of pyridine rings is 1. The molecule has 0 aliphatic carbocycles. The van der Waals surface area contributed by atoms with Crippen molar-refractivity contribution >= 4 is 16.9 Å². The van der Waals surface area contributed by atoms with Crippen LogP contribution >= 0.6 is 0 Å². The highest BCUT2D eigenvalue weighted by molar-refractivity contribution is 5.87. The Hall–Kier alpha value is -3.06. The minimum Gasteiger partial charge on any atom is -0.487 e. The molecule has 1 radical (unpaired) electrons. The number of H-pyrrole nitrogens is 1. The van der Waals surface area contributed by atoms with Crippen molar-refractivity contribution < 1.29 is 9.53 Å². The van der Waals surface area contributed by atoms with E-state index in [1.54, 1.807) is 0 Å². The highest BCUT2D eigenvalue weighted by Crippen LogP contribution is 2.27. The number of benzene rings is 1. The summed E-state index contributed by atoms with van der Waals surface area (Å²) in [6, 6.07) is 11.0. The van der Waals surface area contributed by atoms with Crippen molar-refractivity contribution in [3.05, 3.63) is 52.9 Å². The van der Waals surface area contributed by atoms with Gasteiger partial charge in [-0.15, -0.1) is 0 Å². The van der Waals surface area contributed by atoms with Crippen molar-refractivity contribution in [1.82, 2.24) is 14.5 Å². The third kappa shape index (κ3) is 4.03. The van der Waals surface area contributed by atoms with Crippen LogP contribution in [-0.4, -0.2) is 46.7 Å². The van der Waals surface area contributed by atoms with Crippen LogP contribution in [0.25, 0.3) is 22.2 Å². The first kappa shape index (κ1) is 18.7. The summed E-state index contributed by atoms with van der Waals surface area (Å²) in [6.07, 6.45) is 1.23. The molecule has 1 amide bonds. The number of nitrogens with two attached hydrogens (primary N) is 1. The van der Waals surface area contributed by atoms with Gasteiger partial charge < -0.3 is 20.4 Å². The molecule has 2 aromatic heterocycles. The minimum absolute atomic E-state index is 0.322. The molecule has 0 bridgehead atoms. The number of carbonyl (C=O) groups is 1. The summed E-state index contributed by atoms with van der Waals surface area (Å²) in [4.78, 5) is 29.1. The van der Waals surface area contributed by atoms with Crippen LogP contribution in [-0.2, 0) is 0 Å². The molecule has 1 aromatic carbocycles. The number of ether oxygens (including phenoxy) is 1. The molecule has 0 fully saturated rings. The number of carbonyl (C=O) groups excluding carboxylic acids is 1. The van der Waals surface area contributed by atoms with Gasteiger partial charge in [0.05, 0.1) is 11.3 Å². The molecule has 2 heterocycles. The average Bonchev–Trinajstić information content (AvgIpc) is 2.95. The topological polar surface area (TPSA) is 93.3 Å². The fourth-order valence-electron chi connectivity index (χ4n) is 3.23. The van der Waals surface area contributed by atoms with E-state index < -0.39 is 11.6 Å². The van der Waals surface area contributed by atoms with E-state index in [1.807, 2.05) is 52.2 Å². The SMILES string of the molecule is CN(C)CC(C)(C)Oc1ccc2[nH]c(-c3c[c]cn(C(N)=O)c3=O)cc2c1. The van der Waals surface area contributed by atoms with Crippen LogP contribution in [0.3, 0.4) is 0 Å². The van der Waals surface area contributed by atoms with Gasteiger partial charge in [0.25, 0.3) is 5.56 Å². The minimum atomic E-state index is -0.840. The molecule has 0 saturated heterocycles. The quantitative estimate of drug-likeness (QED) is 0.724. The summed E-state index contributed by atoms with van der Waals surface area (Å²) in [5, 5.41) is 0.900. The summed E-state index contributed by atoms with van der Waals surface area (Å²) >= 11 is 0. The van der Waals surface area contributed by atoms with E-state index in [4.69, 9.17) is 10.5 Å². The van der Waals surface area contributed by atoms with E-state index in [0.29, 0.717) is 11.3 Å². The van der Waals surface area contributed by atoms with Crippen molar-refractivity contribution in [3.8, 4) is 17.0 Å². The lowest BCUT2D eigenvalue weighted by atomic mass is 10.1. The second kappa shape index (κ2) is 6.92. The van der Waals surface area contributed by atoms with Gasteiger partial charge in [-0.3, -0.25) is 4.79 Å². The smallest absolute Gasteiger partial charge is 0.325 e. The van der Waals surface area contributed by atoms with Crippen LogP contribution < -0.4 is 16.0 Å². The highest BCUT2D eigenvalue weighted by atomic mass is 16.5. The number of aromatic amines is 1. The summed E-state index contributed by atoms with van der Waals surface area (Å²) in [7, 11) is 4.00. The molecule has 3 rings (SSSR count). The number of primary amides is 1. The number of aromatic nitrogens is 2. The Morgan fingerprint density at radius 3 is 2.74 bits per heavy atom. The summed E-state index contributed by atoms with van der Waals surface area (Å²) in [5.74, 6) is 0.745. The first-order valence-corrected chi connectivity index (χ1v) is 8.56. The van der Waals surface area contributed by atoms with Gasteiger partial charge in [0.2, 0.25) is 0 Å². The fourth-order valence-corrected chi connectivity index (χ4v) is 3.23. The first-order chi connectivity index (χ1) is 12.7. The van der Waals surface area contributed by atoms with Crippen LogP contribution in [0.15, 0.2) is 41.3 Å². The van der Waals surface area contributed by atoms with Crippen molar-refractivity contribution in [1.29, 1.82) is 0 Å². The standard InChI is InChI=1S/C20H23N4O3/c1-20(2,12-23(3)4)27-14-7-8-16-13(10-14)11-17(22-16)15-6-5-9-24(18(15)25)19(21)26/h6-11,22H,12H2,1-4H3,(H2,21,26). The molecule has 3 N–H and O–H groups in total. The number of nitrogens with one attached hydrogen (secondary N) is 1. The maximum atomic E-state index is 12.4. The van der Waals surface area contributed by atoms with Crippen LogP contribution in [0.5, 0.6) is 5.75 Å². The van der Waals surface area contributed by atoms with Crippen molar-refractivity contribution in [2.75, 3.05) is 20.6 Å². The molecule has 3 aromatic rings. The van der Waals surface area contributed by atoms with Gasteiger partial charge in [-0.2, -0.15) is 0 Å². The second-order valence-electron chi connectivity index (χ2n) is 7.40. The van der Waals surface area contributed by atoms with Crippen LogP contribution in [0.1, 0.15) is 13.8 Å². The zero-order chi connectivity index (χ0) is 19.8. The average molecular weight is 367 g/mol. The third-order valence-electron chi connectivity index (χ3n) is 4.09. The molecule has 0 saturated carbocycles. The van der Waals surface area contributed by atoms with E-state index in [2.05, 4.69) is 16.0 Å². The van der Waals surface area contributed by atoms with E-state index in [0.717, 1.165) is 27.8 Å². The number of rotatable bonds is 5. The van der Waals surface area contributed by atoms with E-state index in [9.17, 15) is 9.59 Å². The van der Waals surface area contributed by atoms with E-state index in [1.165, 1.54) is 12.3 Å². The predicted octanol–water partition coefficient (Wildman–Crippen LogP) is 2.44. The Labute approximate surface area is 157 Å². The zero-order valence-electron chi connectivity index (χ0n) is 15.9. The van der Waals surface area contributed by atoms with Gasteiger partial charge in [-0.05, 0) is 58.3 Å². The van der Waals surface area contributed by atoms with Gasteiger partial charge in [-0.25, -0.2) is 9.36 Å². The maximum Gasteiger partial charge on any atom is 0.325 e. The largest absolute Gasteiger partial charge is 0.487 e. The van der Waals surface area contributed by atoms with Crippen LogP contribution in [0.2, 0.25) is 0 Å². The molecular formula is C20H23N4O3. The van der Waals surface area contributed by atoms with Crippen molar-refractivity contribution in [2.45, 2.75) is 19.4 Å². The number of likely N-dealkylation sites (N-methyl/N-ethyl adjacent to an activating group) is 1. The van der Waals surface area contributed by atoms with Crippen molar-refractivity contribution in [2.24, 2.45) is 5.73 Å². The normalized spacial score (nSPS) is 11.9. The fraction of sp³-hybridized carbons (Fsp3) is 0.300. The molecule has 0 spiro atoms. The molecule has 0 aliphatic rings. The number of hydrogen-bond donors (Lipinski definition) is 2. The molecule has 7 heteroatoms. The van der Waals surface area contributed by atoms with Crippen LogP contribution in [0, 0.1) is 6.07 Å². The molecule has 27 heavy (non-hydrogen) atoms. The van der Waals surface area contributed by atoms with Gasteiger partial charge >= 0.3 is 6.03 Å². The van der Waals surface area contributed by atoms with Crippen molar-refractivity contribution in [3.63, 3.8) is 0 Å². The van der Waals surface area contributed by atoms with E-state index >= 15 is 0 Å². The first-order valence-electron chi connectivity index (χ1n) is 8.56. The predicted molar refractivity (Wildman–Crippen MR) is 105 cm³/mol. The summed E-state index contributed by atoms with van der Waals surface area (Å²) < 4.78 is 6.95. The summed E-state index contributed by atoms with van der Waals surface area (Å²) in [5.41, 5.74) is 6.16. The molecule has 7 nitrogen and oxygen atoms in total. The van der Waals surface area contributed by atoms with Gasteiger partial charge in [0, 0.05) is 29.7 Å². The third-order valence-corrected chi connectivity index (χ3v) is 4.09. The van der Waals surface area contributed by atoms with Crippen LogP contribution in [0.4, 0.5) is 4.79 Å². The lowest BCUT2D eigenvalue weighted by molar-refractivity contribution is 0.0776. The zero-order valence-corrected chi connectivity index (χ0v) is 15.9. The molecule has 0 aliphatic heterocycles. The molecule has 141 valence electrons. The van der Waals surface area contributed by atoms with Gasteiger partial charge in [-0.1, -0.05) is 0 Å². The van der Waals surface area contributed by atoms with Gasteiger partial charge in [0.1, 0.15) is 11.4 Å². The monoisotopic (exact) mass is 367 g/mol. The van der Waals surface area contributed by atoms with E-state index in [-0.39, 0.29) is 5.60 Å². The summed E-state index contributed by atoms with van der Waals surface area (Å²) in [6.45, 7) is 4.84. The Morgan fingerprint density at radius 1 is 1.33 bits per heavy atom.